The molecule has 1 aromatic carbocycles. The van der Waals surface area contributed by atoms with Crippen LogP contribution in [0.1, 0.15) is 5.56 Å². The first-order valence-electron chi connectivity index (χ1n) is 5.32. The molecule has 0 spiro atoms. The first kappa shape index (κ1) is 12.0. The Bertz CT molecular complexity index is 464. The van der Waals surface area contributed by atoms with E-state index in [2.05, 4.69) is 10.7 Å². The topological polar surface area (TPSA) is 79.9 Å². The van der Waals surface area contributed by atoms with Crippen LogP contribution in [0, 0.1) is 0 Å². The first-order chi connectivity index (χ1) is 8.72. The Hall–Kier alpha value is -2.44. The minimum atomic E-state index is -0.456. The molecule has 1 aromatic rings. The molecule has 7 heteroatoms. The van der Waals surface area contributed by atoms with Crippen LogP contribution in [0.3, 0.4) is 0 Å². The molecule has 0 radical (unpaired) electrons. The fourth-order valence-corrected chi connectivity index (χ4v) is 1.53. The molecule has 96 valence electrons. The zero-order chi connectivity index (χ0) is 13.0. The van der Waals surface area contributed by atoms with Crippen LogP contribution in [0.2, 0.25) is 0 Å². The van der Waals surface area contributed by atoms with Crippen molar-refractivity contribution in [2.75, 3.05) is 13.8 Å². The summed E-state index contributed by atoms with van der Waals surface area (Å²) in [6, 6.07) is 4.88. The molecule has 0 aromatic heterocycles. The van der Waals surface area contributed by atoms with Crippen molar-refractivity contribution in [2.24, 2.45) is 0 Å². The van der Waals surface area contributed by atoms with Gasteiger partial charge in [0, 0.05) is 7.05 Å². The molecular weight excluding hydrogens is 238 g/mol. The van der Waals surface area contributed by atoms with E-state index in [4.69, 9.17) is 9.47 Å². The quantitative estimate of drug-likeness (QED) is 0.592. The number of hydrogen-bond acceptors (Lipinski definition) is 4. The number of carbonyl (C=O) groups excluding carboxylic acids is 2. The van der Waals surface area contributed by atoms with Crippen molar-refractivity contribution in [1.29, 1.82) is 0 Å². The highest BCUT2D eigenvalue weighted by atomic mass is 16.7. The van der Waals surface area contributed by atoms with Gasteiger partial charge in [-0.1, -0.05) is 6.07 Å². The van der Waals surface area contributed by atoms with Crippen molar-refractivity contribution < 1.29 is 19.1 Å². The number of hydrogen-bond donors (Lipinski definition) is 2. The molecule has 2 N–H and O–H groups in total. The summed E-state index contributed by atoms with van der Waals surface area (Å²) in [5.41, 5.74) is 3.20. The van der Waals surface area contributed by atoms with Crippen LogP contribution < -0.4 is 20.2 Å². The van der Waals surface area contributed by atoms with Gasteiger partial charge in [-0.3, -0.25) is 9.80 Å². The summed E-state index contributed by atoms with van der Waals surface area (Å²) in [5, 5.41) is 3.50. The van der Waals surface area contributed by atoms with E-state index in [1.54, 1.807) is 18.2 Å². The fourth-order valence-electron chi connectivity index (χ4n) is 1.53. The third-order valence-corrected chi connectivity index (χ3v) is 2.39. The zero-order valence-corrected chi connectivity index (χ0v) is 9.80. The van der Waals surface area contributed by atoms with Gasteiger partial charge in [-0.25, -0.2) is 10.2 Å². The smallest absolute Gasteiger partial charge is 0.333 e. The molecule has 3 amide bonds. The largest absolute Gasteiger partial charge is 0.454 e. The Kier molecular flexibility index (Phi) is 3.52. The van der Waals surface area contributed by atoms with Crippen molar-refractivity contribution in [3.63, 3.8) is 0 Å². The van der Waals surface area contributed by atoms with Gasteiger partial charge < -0.3 is 14.8 Å². The Morgan fingerprint density at radius 2 is 2.22 bits per heavy atom. The highest BCUT2D eigenvalue weighted by Crippen LogP contribution is 2.32. The molecule has 0 bridgehead atoms. The molecule has 0 aliphatic carbocycles. The minimum absolute atomic E-state index is 0.201. The van der Waals surface area contributed by atoms with Gasteiger partial charge in [-0.15, -0.1) is 0 Å². The number of rotatable bonds is 4. The van der Waals surface area contributed by atoms with Crippen LogP contribution in [0.4, 0.5) is 4.79 Å². The van der Waals surface area contributed by atoms with Gasteiger partial charge in [-0.2, -0.15) is 0 Å². The number of carbonyl (C=O) groups is 2. The number of urea groups is 1. The fraction of sp³-hybridized carbons (Fsp3) is 0.273. The van der Waals surface area contributed by atoms with Gasteiger partial charge in [0.15, 0.2) is 11.5 Å². The molecule has 0 unspecified atom stereocenters. The number of hydrazine groups is 1. The summed E-state index contributed by atoms with van der Waals surface area (Å²) in [7, 11) is 1.47. The SMILES string of the molecule is CNC(=O)NN(C=O)Cc1ccc2c(c1)OCO2. The van der Waals surface area contributed by atoms with Gasteiger partial charge in [-0.05, 0) is 17.7 Å². The van der Waals surface area contributed by atoms with Crippen LogP contribution in [0.25, 0.3) is 0 Å². The molecule has 0 saturated heterocycles. The Morgan fingerprint density at radius 3 is 2.94 bits per heavy atom. The summed E-state index contributed by atoms with van der Waals surface area (Å²) in [6.07, 6.45) is 0.541. The highest BCUT2D eigenvalue weighted by Gasteiger charge is 2.14. The highest BCUT2D eigenvalue weighted by molar-refractivity contribution is 5.74. The van der Waals surface area contributed by atoms with Crippen molar-refractivity contribution in [1.82, 2.24) is 15.8 Å². The second-order valence-electron chi connectivity index (χ2n) is 3.61. The van der Waals surface area contributed by atoms with Crippen molar-refractivity contribution in [3.8, 4) is 11.5 Å². The Morgan fingerprint density at radius 1 is 1.44 bits per heavy atom. The predicted molar refractivity (Wildman–Crippen MR) is 61.8 cm³/mol. The normalized spacial score (nSPS) is 11.8. The lowest BCUT2D eigenvalue weighted by atomic mass is 10.2. The maximum atomic E-state index is 11.1. The summed E-state index contributed by atoms with van der Waals surface area (Å²) in [4.78, 5) is 21.9. The summed E-state index contributed by atoms with van der Waals surface area (Å²) >= 11 is 0. The number of fused-ring (bicyclic) bond motifs is 1. The lowest BCUT2D eigenvalue weighted by molar-refractivity contribution is -0.120. The maximum absolute atomic E-state index is 11.1. The average molecular weight is 251 g/mol. The molecule has 1 aliphatic rings. The molecular formula is C11H13N3O4. The van der Waals surface area contributed by atoms with E-state index in [0.717, 1.165) is 10.6 Å². The Balaban J connectivity index is 2.03. The van der Waals surface area contributed by atoms with Crippen molar-refractivity contribution in [3.05, 3.63) is 23.8 Å². The number of amides is 3. The summed E-state index contributed by atoms with van der Waals surface area (Å²) < 4.78 is 10.4. The minimum Gasteiger partial charge on any atom is -0.454 e. The summed E-state index contributed by atoms with van der Waals surface area (Å²) in [5.74, 6) is 1.31. The van der Waals surface area contributed by atoms with Crippen LogP contribution in [-0.2, 0) is 11.3 Å². The number of benzene rings is 1. The number of ether oxygens (including phenoxy) is 2. The van der Waals surface area contributed by atoms with Gasteiger partial charge >= 0.3 is 6.03 Å². The van der Waals surface area contributed by atoms with Crippen LogP contribution in [0.5, 0.6) is 11.5 Å². The van der Waals surface area contributed by atoms with Crippen LogP contribution >= 0.6 is 0 Å². The van der Waals surface area contributed by atoms with E-state index < -0.39 is 6.03 Å². The van der Waals surface area contributed by atoms with E-state index in [1.165, 1.54) is 7.05 Å². The van der Waals surface area contributed by atoms with Gasteiger partial charge in [0.25, 0.3) is 0 Å². The number of nitrogens with one attached hydrogen (secondary N) is 2. The molecule has 0 saturated carbocycles. The average Bonchev–Trinajstić information content (AvgIpc) is 2.85. The third-order valence-electron chi connectivity index (χ3n) is 2.39. The molecule has 1 heterocycles. The predicted octanol–water partition coefficient (Wildman–Crippen LogP) is 0.218. The molecule has 0 fully saturated rings. The van der Waals surface area contributed by atoms with Crippen molar-refractivity contribution >= 4 is 12.4 Å². The van der Waals surface area contributed by atoms with Crippen LogP contribution in [0.15, 0.2) is 18.2 Å². The number of nitrogens with zero attached hydrogens (tertiary/aromatic N) is 1. The lowest BCUT2D eigenvalue weighted by Crippen LogP contribution is -2.45. The van der Waals surface area contributed by atoms with E-state index in [-0.39, 0.29) is 13.3 Å². The standard InChI is InChI=1S/C11H13N3O4/c1-12-11(16)13-14(6-15)5-8-2-3-9-10(4-8)18-7-17-9/h2-4,6H,5,7H2,1H3,(H2,12,13,16). The Labute approximate surface area is 104 Å². The second kappa shape index (κ2) is 5.26. The van der Waals surface area contributed by atoms with E-state index in [0.29, 0.717) is 17.9 Å². The molecule has 7 nitrogen and oxygen atoms in total. The second-order valence-corrected chi connectivity index (χ2v) is 3.61. The zero-order valence-electron chi connectivity index (χ0n) is 9.80. The van der Waals surface area contributed by atoms with Crippen molar-refractivity contribution in [2.45, 2.75) is 6.54 Å². The van der Waals surface area contributed by atoms with Gasteiger partial charge in [0.2, 0.25) is 13.2 Å². The van der Waals surface area contributed by atoms with E-state index in [9.17, 15) is 9.59 Å². The molecule has 18 heavy (non-hydrogen) atoms. The molecule has 0 atom stereocenters. The van der Waals surface area contributed by atoms with E-state index in [1.807, 2.05) is 0 Å². The van der Waals surface area contributed by atoms with Gasteiger partial charge in [0.05, 0.1) is 6.54 Å². The maximum Gasteiger partial charge on any atom is 0.333 e. The third kappa shape index (κ3) is 2.62. The summed E-state index contributed by atoms with van der Waals surface area (Å²) in [6.45, 7) is 0.445. The van der Waals surface area contributed by atoms with Gasteiger partial charge in [0.1, 0.15) is 0 Å². The lowest BCUT2D eigenvalue weighted by Gasteiger charge is -2.18. The molecule has 1 aliphatic heterocycles. The van der Waals surface area contributed by atoms with E-state index >= 15 is 0 Å². The molecule has 2 rings (SSSR count). The monoisotopic (exact) mass is 251 g/mol. The first-order valence-corrected chi connectivity index (χ1v) is 5.32. The van der Waals surface area contributed by atoms with Crippen LogP contribution in [-0.4, -0.2) is 31.3 Å².